The number of carbonyl (C=O) groups is 1. The van der Waals surface area contributed by atoms with Gasteiger partial charge in [-0.1, -0.05) is 44.2 Å². The highest BCUT2D eigenvalue weighted by Crippen LogP contribution is 2.35. The highest BCUT2D eigenvalue weighted by atomic mass is 32.2. The van der Waals surface area contributed by atoms with E-state index in [1.807, 2.05) is 39.0 Å². The number of nitrogens with zero attached hydrogens (tertiary/aromatic N) is 1. The van der Waals surface area contributed by atoms with Gasteiger partial charge >= 0.3 is 5.97 Å². The van der Waals surface area contributed by atoms with Crippen LogP contribution in [-0.2, 0) is 21.4 Å². The minimum Gasteiger partial charge on any atom is -0.487 e. The first-order chi connectivity index (χ1) is 15.7. The van der Waals surface area contributed by atoms with Gasteiger partial charge in [0, 0.05) is 12.6 Å². The third kappa shape index (κ3) is 6.26. The van der Waals surface area contributed by atoms with E-state index in [4.69, 9.17) is 14.3 Å². The average Bonchev–Trinajstić information content (AvgIpc) is 3.31. The van der Waals surface area contributed by atoms with Crippen molar-refractivity contribution in [3.8, 4) is 5.75 Å². The largest absolute Gasteiger partial charge is 0.487 e. The van der Waals surface area contributed by atoms with Crippen LogP contribution in [0.1, 0.15) is 30.5 Å². The Morgan fingerprint density at radius 3 is 2.48 bits per heavy atom. The summed E-state index contributed by atoms with van der Waals surface area (Å²) in [4.78, 5) is 10.7. The molecule has 0 spiro atoms. The Balaban J connectivity index is 1.89. The molecular formula is C25H27NO6S. The number of furan rings is 1. The fraction of sp³-hybridized carbons (Fsp3) is 0.240. The van der Waals surface area contributed by atoms with Gasteiger partial charge in [0.05, 0.1) is 12.0 Å². The van der Waals surface area contributed by atoms with Gasteiger partial charge < -0.3 is 14.3 Å². The molecule has 7 nitrogen and oxygen atoms in total. The molecule has 2 aromatic carbocycles. The Hall–Kier alpha value is -3.52. The number of hydrogen-bond acceptors (Lipinski definition) is 5. The lowest BCUT2D eigenvalue weighted by Gasteiger charge is -2.27. The van der Waals surface area contributed by atoms with Gasteiger partial charge in [-0.2, -0.15) is 8.42 Å². The van der Waals surface area contributed by atoms with Crippen molar-refractivity contribution in [2.45, 2.75) is 32.5 Å². The van der Waals surface area contributed by atoms with E-state index in [-0.39, 0.29) is 24.2 Å². The van der Waals surface area contributed by atoms with Crippen LogP contribution in [0.5, 0.6) is 5.75 Å². The number of sulfonamides is 1. The Bertz CT molecular complexity index is 1210. The van der Waals surface area contributed by atoms with E-state index in [0.717, 1.165) is 22.8 Å². The average molecular weight is 470 g/mol. The highest BCUT2D eigenvalue weighted by molar-refractivity contribution is 7.92. The molecule has 174 valence electrons. The predicted octanol–water partition coefficient (Wildman–Crippen LogP) is 5.12. The molecule has 0 atom stereocenters. The molecule has 0 amide bonds. The van der Waals surface area contributed by atoms with Crippen LogP contribution < -0.4 is 9.04 Å². The molecule has 0 aliphatic rings. The van der Waals surface area contributed by atoms with Crippen LogP contribution in [0, 0.1) is 12.8 Å². The van der Waals surface area contributed by atoms with Gasteiger partial charge in [0.1, 0.15) is 12.4 Å². The lowest BCUT2D eigenvalue weighted by atomic mass is 10.1. The van der Waals surface area contributed by atoms with Crippen LogP contribution >= 0.6 is 0 Å². The van der Waals surface area contributed by atoms with E-state index in [9.17, 15) is 13.2 Å². The molecule has 0 aliphatic heterocycles. The standard InChI is InChI=1S/C25H27NO6S/c1-18(2)16-26(33(29,30)25-5-4-14-31-25)22-15-19(3)6-12-23(22)32-17-21-9-7-20(8-10-21)11-13-24(27)28/h4-15,18H,16-17H2,1-3H3,(H,27,28). The summed E-state index contributed by atoms with van der Waals surface area (Å²) >= 11 is 0. The third-order valence-electron chi connectivity index (χ3n) is 4.75. The molecular weight excluding hydrogens is 442 g/mol. The molecule has 1 aromatic heterocycles. The number of benzene rings is 2. The van der Waals surface area contributed by atoms with Crippen molar-refractivity contribution in [3.05, 3.63) is 83.6 Å². The van der Waals surface area contributed by atoms with Gasteiger partial charge in [-0.05, 0) is 59.9 Å². The fourth-order valence-corrected chi connectivity index (χ4v) is 4.72. The summed E-state index contributed by atoms with van der Waals surface area (Å²) in [5, 5.41) is 8.62. The summed E-state index contributed by atoms with van der Waals surface area (Å²) in [7, 11) is -3.92. The normalized spacial score (nSPS) is 11.8. The number of carboxylic acids is 1. The van der Waals surface area contributed by atoms with Crippen molar-refractivity contribution in [1.29, 1.82) is 0 Å². The predicted molar refractivity (Wildman–Crippen MR) is 127 cm³/mol. The highest BCUT2D eigenvalue weighted by Gasteiger charge is 2.30. The molecule has 1 N–H and O–H groups in total. The van der Waals surface area contributed by atoms with Gasteiger partial charge in [-0.15, -0.1) is 0 Å². The number of carboxylic acid groups (broad SMARTS) is 1. The molecule has 0 radical (unpaired) electrons. The summed E-state index contributed by atoms with van der Waals surface area (Å²) in [5.74, 6) is -0.509. The van der Waals surface area contributed by atoms with Gasteiger partial charge in [0.25, 0.3) is 10.0 Å². The number of aliphatic carboxylic acids is 1. The van der Waals surface area contributed by atoms with E-state index in [1.165, 1.54) is 22.7 Å². The second-order valence-electron chi connectivity index (χ2n) is 8.04. The number of anilines is 1. The zero-order valence-corrected chi connectivity index (χ0v) is 19.6. The molecule has 0 saturated carbocycles. The SMILES string of the molecule is Cc1ccc(OCc2ccc(C=CC(=O)O)cc2)c(N(CC(C)C)S(=O)(=O)c2ccco2)c1. The van der Waals surface area contributed by atoms with Crippen LogP contribution in [0.2, 0.25) is 0 Å². The van der Waals surface area contributed by atoms with Gasteiger partial charge in [0.2, 0.25) is 5.09 Å². The van der Waals surface area contributed by atoms with Crippen LogP contribution in [0.4, 0.5) is 5.69 Å². The summed E-state index contributed by atoms with van der Waals surface area (Å²) in [6.45, 7) is 6.26. The quantitative estimate of drug-likeness (QED) is 0.414. The maximum Gasteiger partial charge on any atom is 0.328 e. The van der Waals surface area contributed by atoms with Crippen LogP contribution in [0.15, 0.2) is 76.4 Å². The number of rotatable bonds is 10. The zero-order chi connectivity index (χ0) is 24.0. The first kappa shape index (κ1) is 24.1. The summed E-state index contributed by atoms with van der Waals surface area (Å²) in [5.41, 5.74) is 2.96. The van der Waals surface area contributed by atoms with E-state index in [0.29, 0.717) is 11.4 Å². The Morgan fingerprint density at radius 2 is 1.88 bits per heavy atom. The Morgan fingerprint density at radius 1 is 1.15 bits per heavy atom. The zero-order valence-electron chi connectivity index (χ0n) is 18.8. The van der Waals surface area contributed by atoms with Crippen molar-refractivity contribution in [2.24, 2.45) is 5.92 Å². The Kier molecular flexibility index (Phi) is 7.60. The minimum absolute atomic E-state index is 0.0644. The molecule has 3 rings (SSSR count). The number of ether oxygens (including phenoxy) is 1. The van der Waals surface area contributed by atoms with E-state index in [1.54, 1.807) is 30.3 Å². The van der Waals surface area contributed by atoms with E-state index >= 15 is 0 Å². The molecule has 8 heteroatoms. The maximum atomic E-state index is 13.3. The topological polar surface area (TPSA) is 97.0 Å². The van der Waals surface area contributed by atoms with Gasteiger partial charge in [-0.25, -0.2) is 4.79 Å². The van der Waals surface area contributed by atoms with Crippen molar-refractivity contribution >= 4 is 27.8 Å². The van der Waals surface area contributed by atoms with Gasteiger partial charge in [0.15, 0.2) is 0 Å². The second-order valence-corrected chi connectivity index (χ2v) is 9.83. The van der Waals surface area contributed by atoms with Gasteiger partial charge in [-0.3, -0.25) is 4.31 Å². The Labute approximate surface area is 194 Å². The molecule has 0 aliphatic carbocycles. The molecule has 3 aromatic rings. The van der Waals surface area contributed by atoms with Crippen molar-refractivity contribution in [2.75, 3.05) is 10.8 Å². The monoisotopic (exact) mass is 469 g/mol. The lowest BCUT2D eigenvalue weighted by Crippen LogP contribution is -2.34. The molecule has 0 unspecified atom stereocenters. The van der Waals surface area contributed by atoms with E-state index in [2.05, 4.69) is 0 Å². The minimum atomic E-state index is -3.92. The molecule has 0 saturated heterocycles. The van der Waals surface area contributed by atoms with Crippen molar-refractivity contribution < 1.29 is 27.5 Å². The molecule has 1 heterocycles. The molecule has 0 bridgehead atoms. The van der Waals surface area contributed by atoms with Crippen LogP contribution in [0.25, 0.3) is 6.08 Å². The summed E-state index contributed by atoms with van der Waals surface area (Å²) < 4.78 is 39.3. The molecule has 33 heavy (non-hydrogen) atoms. The summed E-state index contributed by atoms with van der Waals surface area (Å²) in [6.07, 6.45) is 3.92. The smallest absolute Gasteiger partial charge is 0.328 e. The summed E-state index contributed by atoms with van der Waals surface area (Å²) in [6, 6.07) is 15.6. The first-order valence-electron chi connectivity index (χ1n) is 10.5. The van der Waals surface area contributed by atoms with Crippen LogP contribution in [-0.4, -0.2) is 26.0 Å². The second kappa shape index (κ2) is 10.4. The third-order valence-corrected chi connectivity index (χ3v) is 6.41. The lowest BCUT2D eigenvalue weighted by molar-refractivity contribution is -0.131. The molecule has 0 fully saturated rings. The van der Waals surface area contributed by atoms with Crippen molar-refractivity contribution in [1.82, 2.24) is 0 Å². The first-order valence-corrected chi connectivity index (χ1v) is 11.9. The fourth-order valence-electron chi connectivity index (χ4n) is 3.17. The van der Waals surface area contributed by atoms with Crippen LogP contribution in [0.3, 0.4) is 0 Å². The number of aryl methyl sites for hydroxylation is 1. The maximum absolute atomic E-state index is 13.3. The number of hydrogen-bond donors (Lipinski definition) is 1. The van der Waals surface area contributed by atoms with E-state index < -0.39 is 16.0 Å². The van der Waals surface area contributed by atoms with Crippen molar-refractivity contribution in [3.63, 3.8) is 0 Å².